The van der Waals surface area contributed by atoms with Crippen LogP contribution in [0.15, 0.2) is 16.8 Å². The van der Waals surface area contributed by atoms with Crippen LogP contribution in [-0.2, 0) is 31.6 Å². The number of halogens is 1. The molecule has 3 rings (SSSR count). The number of alkyl halides is 1. The van der Waals surface area contributed by atoms with Crippen LogP contribution < -0.4 is 0 Å². The number of phosphoric ester groups is 1. The Labute approximate surface area is 198 Å². The number of thiophene rings is 1. The monoisotopic (exact) mass is 581 g/mol. The normalized spacial score (nSPS) is 28.9. The lowest BCUT2D eigenvalue weighted by atomic mass is 10.0. The number of hydrogen-bond donors (Lipinski definition) is 5. The number of hydrogen-bond acceptors (Lipinski definition) is 12. The van der Waals surface area contributed by atoms with Crippen LogP contribution in [0, 0.1) is 6.92 Å². The van der Waals surface area contributed by atoms with Crippen molar-refractivity contribution in [2.24, 2.45) is 5.11 Å². The Morgan fingerprint density at radius 3 is 2.56 bits per heavy atom. The van der Waals surface area contributed by atoms with E-state index in [0.29, 0.717) is 21.5 Å². The van der Waals surface area contributed by atoms with Crippen molar-refractivity contribution in [3.8, 4) is 0 Å². The molecule has 0 saturated carbocycles. The van der Waals surface area contributed by atoms with Crippen molar-refractivity contribution in [3.63, 3.8) is 0 Å². The van der Waals surface area contributed by atoms with Gasteiger partial charge >= 0.3 is 23.5 Å². The number of fused-ring (bicyclic) bond motifs is 1. The summed E-state index contributed by atoms with van der Waals surface area (Å²) in [7, 11) is -17.0. The van der Waals surface area contributed by atoms with Crippen LogP contribution in [0.3, 0.4) is 0 Å². The minimum atomic E-state index is -5.79. The van der Waals surface area contributed by atoms with E-state index in [-0.39, 0.29) is 0 Å². The maximum absolute atomic E-state index is 12.1. The van der Waals surface area contributed by atoms with Crippen molar-refractivity contribution in [2.45, 2.75) is 30.2 Å². The molecule has 0 amide bonds. The van der Waals surface area contributed by atoms with Crippen molar-refractivity contribution < 1.29 is 56.3 Å². The topological polar surface area (TPSA) is 264 Å². The summed E-state index contributed by atoms with van der Waals surface area (Å²) in [6.07, 6.45) is -1.70. The van der Waals surface area contributed by atoms with Gasteiger partial charge in [-0.15, -0.1) is 22.9 Å². The van der Waals surface area contributed by atoms with Gasteiger partial charge in [0.2, 0.25) is 0 Å². The number of aryl methyl sites for hydroxylation is 1. The standard InChI is InChI=1S/C12H15ClN5O12P3S/c1-5-10-8(16-4-15-5)6(2-34-10)9-7(13)11(19)12(28-9,17-18-14)3-27-32(23,24)30-33(25,26)29-31(20,21)22/h2,4,7,9,11,19H,3H2,1H3,(H,23,24)(H,25,26)(H2,20,21,22)/t7-,9-,11-,12+/m0/s1. The minimum absolute atomic E-state index is 0.387. The Hall–Kier alpha value is -1.03. The molecule has 6 atom stereocenters. The Morgan fingerprint density at radius 1 is 1.26 bits per heavy atom. The van der Waals surface area contributed by atoms with Crippen molar-refractivity contribution in [3.05, 3.63) is 33.4 Å². The second kappa shape index (κ2) is 9.79. The van der Waals surface area contributed by atoms with Gasteiger partial charge in [0.05, 0.1) is 27.9 Å². The van der Waals surface area contributed by atoms with E-state index < -0.39 is 53.4 Å². The fourth-order valence-electron chi connectivity index (χ4n) is 2.98. The van der Waals surface area contributed by atoms with Crippen LogP contribution >= 0.6 is 46.4 Å². The molecule has 1 aliphatic rings. The average molecular weight is 582 g/mol. The number of nitrogens with zero attached hydrogens (tertiary/aromatic N) is 5. The first-order valence-electron chi connectivity index (χ1n) is 8.63. The first kappa shape index (κ1) is 27.6. The van der Waals surface area contributed by atoms with Crippen LogP contribution in [0.4, 0.5) is 0 Å². The van der Waals surface area contributed by atoms with Crippen LogP contribution in [0.25, 0.3) is 20.7 Å². The van der Waals surface area contributed by atoms with Crippen molar-refractivity contribution in [1.82, 2.24) is 9.97 Å². The molecule has 17 nitrogen and oxygen atoms in total. The third-order valence-corrected chi connectivity index (χ3v) is 9.66. The maximum Gasteiger partial charge on any atom is 0.490 e. The molecule has 1 fully saturated rings. The van der Waals surface area contributed by atoms with Crippen molar-refractivity contribution in [1.29, 1.82) is 0 Å². The molecule has 2 unspecified atom stereocenters. The van der Waals surface area contributed by atoms with Gasteiger partial charge in [0.1, 0.15) is 18.5 Å². The van der Waals surface area contributed by atoms with Gasteiger partial charge in [0, 0.05) is 10.5 Å². The molecule has 22 heteroatoms. The predicted octanol–water partition coefficient (Wildman–Crippen LogP) is 2.39. The second-order valence-corrected chi connectivity index (χ2v) is 12.5. The van der Waals surface area contributed by atoms with E-state index in [9.17, 15) is 28.6 Å². The van der Waals surface area contributed by atoms with Crippen LogP contribution in [0.1, 0.15) is 17.4 Å². The first-order valence-corrected chi connectivity index (χ1v) is 14.5. The fourth-order valence-corrected chi connectivity index (χ4v) is 7.40. The van der Waals surface area contributed by atoms with Gasteiger partial charge in [0.15, 0.2) is 5.72 Å². The maximum atomic E-state index is 12.1. The molecule has 1 saturated heterocycles. The number of rotatable bonds is 9. The van der Waals surface area contributed by atoms with E-state index in [1.165, 1.54) is 17.7 Å². The van der Waals surface area contributed by atoms with Gasteiger partial charge in [-0.25, -0.2) is 23.7 Å². The molecule has 0 aromatic carbocycles. The molecule has 34 heavy (non-hydrogen) atoms. The molecule has 2 aromatic heterocycles. The number of phosphoric acid groups is 3. The highest BCUT2D eigenvalue weighted by molar-refractivity contribution is 7.66. The summed E-state index contributed by atoms with van der Waals surface area (Å²) in [5.41, 5.74) is 8.01. The minimum Gasteiger partial charge on any atom is -0.388 e. The molecule has 0 aliphatic carbocycles. The third-order valence-electron chi connectivity index (χ3n) is 4.31. The fraction of sp³-hybridized carbons (Fsp3) is 0.500. The molecule has 5 N–H and O–H groups in total. The molecule has 3 heterocycles. The lowest BCUT2D eigenvalue weighted by Gasteiger charge is -2.27. The number of azide groups is 1. The summed E-state index contributed by atoms with van der Waals surface area (Å²) in [6, 6.07) is 0. The highest BCUT2D eigenvalue weighted by atomic mass is 35.5. The van der Waals surface area contributed by atoms with Gasteiger partial charge in [-0.05, 0) is 17.8 Å². The molecule has 188 valence electrons. The van der Waals surface area contributed by atoms with Crippen LogP contribution in [0.2, 0.25) is 0 Å². The van der Waals surface area contributed by atoms with Crippen LogP contribution in [0.5, 0.6) is 0 Å². The number of aliphatic hydroxyl groups is 1. The lowest BCUT2D eigenvalue weighted by molar-refractivity contribution is -0.105. The van der Waals surface area contributed by atoms with E-state index in [1.807, 2.05) is 0 Å². The van der Waals surface area contributed by atoms with E-state index in [2.05, 4.69) is 33.1 Å². The summed E-state index contributed by atoms with van der Waals surface area (Å²) in [4.78, 5) is 46.8. The second-order valence-electron chi connectivity index (χ2n) is 6.65. The van der Waals surface area contributed by atoms with Gasteiger partial charge in [-0.1, -0.05) is 5.11 Å². The number of aliphatic hydroxyl groups excluding tert-OH is 1. The zero-order valence-corrected chi connectivity index (χ0v) is 20.8. The Kier molecular flexibility index (Phi) is 7.93. The van der Waals surface area contributed by atoms with Crippen molar-refractivity contribution in [2.75, 3.05) is 6.61 Å². The molecular formula is C12H15ClN5O12P3S. The molecule has 2 aromatic rings. The highest BCUT2D eigenvalue weighted by Crippen LogP contribution is 2.66. The Balaban J connectivity index is 1.86. The molecule has 1 aliphatic heterocycles. The van der Waals surface area contributed by atoms with Crippen LogP contribution in [-0.4, -0.2) is 58.5 Å². The largest absolute Gasteiger partial charge is 0.490 e. The SMILES string of the molecule is Cc1ncnc2c([C@@H]3O[C@@](COP(=O)(O)OP(=O)(O)OP(=O)(O)O)(N=[N+]=[N-])[C@@H](O)[C@H]3Cl)csc12. The summed E-state index contributed by atoms with van der Waals surface area (Å²) < 4.78 is 52.3. The van der Waals surface area contributed by atoms with E-state index >= 15 is 0 Å². The molecular weight excluding hydrogens is 567 g/mol. The average Bonchev–Trinajstić information content (AvgIpc) is 3.20. The first-order chi connectivity index (χ1) is 15.6. The summed E-state index contributed by atoms with van der Waals surface area (Å²) in [5, 5.41) is 14.3. The lowest BCUT2D eigenvalue weighted by Crippen LogP contribution is -2.43. The van der Waals surface area contributed by atoms with E-state index in [0.717, 1.165) is 0 Å². The molecule has 0 bridgehead atoms. The zero-order valence-electron chi connectivity index (χ0n) is 16.6. The van der Waals surface area contributed by atoms with E-state index in [1.54, 1.807) is 12.3 Å². The van der Waals surface area contributed by atoms with Gasteiger partial charge in [-0.3, -0.25) is 4.52 Å². The third kappa shape index (κ3) is 6.02. The summed E-state index contributed by atoms with van der Waals surface area (Å²) in [6.45, 7) is 0.497. The molecule has 0 spiro atoms. The number of ether oxygens (including phenoxy) is 1. The quantitative estimate of drug-likeness (QED) is 0.0935. The van der Waals surface area contributed by atoms with Gasteiger partial charge < -0.3 is 29.4 Å². The Bertz CT molecular complexity index is 1280. The van der Waals surface area contributed by atoms with Gasteiger partial charge in [-0.2, -0.15) is 8.62 Å². The summed E-state index contributed by atoms with van der Waals surface area (Å²) >= 11 is 7.55. The predicted molar refractivity (Wildman–Crippen MR) is 113 cm³/mol. The number of aromatic nitrogens is 2. The zero-order chi connectivity index (χ0) is 25.5. The molecule has 0 radical (unpaired) electrons. The van der Waals surface area contributed by atoms with E-state index in [4.69, 9.17) is 31.7 Å². The highest BCUT2D eigenvalue weighted by Gasteiger charge is 2.56. The van der Waals surface area contributed by atoms with Gasteiger partial charge in [0.25, 0.3) is 0 Å². The Morgan fingerprint density at radius 2 is 1.94 bits per heavy atom. The van der Waals surface area contributed by atoms with Crippen molar-refractivity contribution >= 4 is 56.6 Å². The summed E-state index contributed by atoms with van der Waals surface area (Å²) in [5.74, 6) is 0. The smallest absolute Gasteiger partial charge is 0.388 e.